The van der Waals surface area contributed by atoms with E-state index in [9.17, 15) is 5.11 Å². The monoisotopic (exact) mass is 243 g/mol. The summed E-state index contributed by atoms with van der Waals surface area (Å²) in [5.41, 5.74) is 1.07. The molecule has 0 spiro atoms. The third kappa shape index (κ3) is 3.20. The molecule has 1 saturated heterocycles. The molecule has 0 saturated carbocycles. The predicted molar refractivity (Wildman–Crippen MR) is 66.7 cm³/mol. The molecule has 0 bridgehead atoms. The molecule has 0 amide bonds. The second-order valence-electron chi connectivity index (χ2n) is 4.06. The molecular weight excluding hydrogens is 226 g/mol. The van der Waals surface area contributed by atoms with Gasteiger partial charge in [0.15, 0.2) is 0 Å². The lowest BCUT2D eigenvalue weighted by Crippen LogP contribution is -2.27. The quantitative estimate of drug-likeness (QED) is 0.886. The van der Waals surface area contributed by atoms with Crippen LogP contribution in [0.3, 0.4) is 0 Å². The van der Waals surface area contributed by atoms with E-state index < -0.39 is 0 Å². The number of nitrogens with zero attached hydrogens (tertiary/aromatic N) is 1. The molecule has 0 aliphatic carbocycles. The van der Waals surface area contributed by atoms with Crippen molar-refractivity contribution in [1.82, 2.24) is 4.98 Å². The number of aryl methyl sites for hydroxylation is 1. The Morgan fingerprint density at radius 3 is 3.07 bits per heavy atom. The average Bonchev–Trinajstić information content (AvgIpc) is 2.65. The first kappa shape index (κ1) is 11.4. The normalized spacial score (nSPS) is 24.0. The minimum atomic E-state index is -0.208. The van der Waals surface area contributed by atoms with Gasteiger partial charge in [0.05, 0.1) is 11.1 Å². The van der Waals surface area contributed by atoms with Crippen molar-refractivity contribution in [1.29, 1.82) is 0 Å². The van der Waals surface area contributed by atoms with Gasteiger partial charge in [0, 0.05) is 22.7 Å². The number of thiazole rings is 1. The van der Waals surface area contributed by atoms with Gasteiger partial charge in [0.25, 0.3) is 0 Å². The molecule has 2 nitrogen and oxygen atoms in total. The van der Waals surface area contributed by atoms with E-state index in [1.165, 1.54) is 18.6 Å². The van der Waals surface area contributed by atoms with Crippen LogP contribution >= 0.6 is 23.1 Å². The Bertz CT molecular complexity index is 307. The molecule has 1 aromatic heterocycles. The molecule has 1 N–H and O–H groups in total. The Morgan fingerprint density at radius 1 is 1.60 bits per heavy atom. The zero-order chi connectivity index (χ0) is 10.7. The van der Waals surface area contributed by atoms with E-state index in [0.29, 0.717) is 5.25 Å². The van der Waals surface area contributed by atoms with Gasteiger partial charge in [-0.25, -0.2) is 4.98 Å². The number of hydrogen-bond donors (Lipinski definition) is 1. The second kappa shape index (κ2) is 5.32. The van der Waals surface area contributed by atoms with E-state index >= 15 is 0 Å². The summed E-state index contributed by atoms with van der Waals surface area (Å²) in [6.45, 7) is 2.00. The number of rotatable bonds is 3. The van der Waals surface area contributed by atoms with Crippen LogP contribution < -0.4 is 0 Å². The van der Waals surface area contributed by atoms with Crippen molar-refractivity contribution in [2.75, 3.05) is 5.75 Å². The van der Waals surface area contributed by atoms with Crippen LogP contribution in [0.2, 0.25) is 0 Å². The van der Waals surface area contributed by atoms with Crippen LogP contribution in [0.15, 0.2) is 5.38 Å². The molecule has 0 aromatic carbocycles. The van der Waals surface area contributed by atoms with E-state index in [1.54, 1.807) is 11.3 Å². The van der Waals surface area contributed by atoms with Crippen LogP contribution in [0.25, 0.3) is 0 Å². The maximum atomic E-state index is 10.1. The molecule has 2 rings (SSSR count). The zero-order valence-electron chi connectivity index (χ0n) is 8.98. The maximum Gasteiger partial charge on any atom is 0.0954 e. The van der Waals surface area contributed by atoms with E-state index in [-0.39, 0.29) is 6.10 Å². The molecule has 1 fully saturated rings. The molecular formula is C11H17NOS2. The fourth-order valence-electron chi connectivity index (χ4n) is 1.88. The first-order chi connectivity index (χ1) is 7.25. The summed E-state index contributed by atoms with van der Waals surface area (Å²) in [5, 5.41) is 13.6. The molecule has 2 unspecified atom stereocenters. The molecule has 1 aromatic rings. The van der Waals surface area contributed by atoms with Gasteiger partial charge in [-0.1, -0.05) is 6.42 Å². The van der Waals surface area contributed by atoms with Gasteiger partial charge in [-0.15, -0.1) is 11.3 Å². The standard InChI is InChI=1S/C11H17NOS2/c1-8-7-15-11(12-8)6-9(13)10-4-2-3-5-14-10/h7,9-10,13H,2-6H2,1H3. The molecule has 1 aliphatic heterocycles. The minimum Gasteiger partial charge on any atom is -0.392 e. The van der Waals surface area contributed by atoms with Crippen molar-refractivity contribution in [3.63, 3.8) is 0 Å². The highest BCUT2D eigenvalue weighted by Gasteiger charge is 2.23. The predicted octanol–water partition coefficient (Wildman–Crippen LogP) is 2.64. The summed E-state index contributed by atoms with van der Waals surface area (Å²) >= 11 is 3.59. The topological polar surface area (TPSA) is 33.1 Å². The first-order valence-corrected chi connectivity index (χ1v) is 7.39. The molecule has 15 heavy (non-hydrogen) atoms. The maximum absolute atomic E-state index is 10.1. The molecule has 2 atom stereocenters. The number of aliphatic hydroxyl groups excluding tert-OH is 1. The SMILES string of the molecule is Cc1csc(CC(O)C2CCCCS2)n1. The fourth-order valence-corrected chi connectivity index (χ4v) is 4.02. The third-order valence-electron chi connectivity index (χ3n) is 2.69. The van der Waals surface area contributed by atoms with Crippen LogP contribution in [0.5, 0.6) is 0 Å². The number of thioether (sulfide) groups is 1. The van der Waals surface area contributed by atoms with Crippen LogP contribution in [-0.2, 0) is 6.42 Å². The number of aromatic nitrogens is 1. The smallest absolute Gasteiger partial charge is 0.0954 e. The van der Waals surface area contributed by atoms with Gasteiger partial charge in [0.1, 0.15) is 0 Å². The fraction of sp³-hybridized carbons (Fsp3) is 0.727. The minimum absolute atomic E-state index is 0.208. The summed E-state index contributed by atoms with van der Waals surface area (Å²) in [7, 11) is 0. The van der Waals surface area contributed by atoms with E-state index in [0.717, 1.165) is 23.5 Å². The Kier molecular flexibility index (Phi) is 4.05. The lowest BCUT2D eigenvalue weighted by molar-refractivity contribution is 0.166. The van der Waals surface area contributed by atoms with Crippen molar-refractivity contribution >= 4 is 23.1 Å². The Labute approximate surface area is 99.1 Å². The van der Waals surface area contributed by atoms with Crippen molar-refractivity contribution in [3.05, 3.63) is 16.1 Å². The summed E-state index contributed by atoms with van der Waals surface area (Å²) in [5.74, 6) is 1.21. The van der Waals surface area contributed by atoms with Gasteiger partial charge in [0.2, 0.25) is 0 Å². The zero-order valence-corrected chi connectivity index (χ0v) is 10.6. The van der Waals surface area contributed by atoms with Gasteiger partial charge in [-0.05, 0) is 25.5 Å². The Hall–Kier alpha value is -0.0600. The second-order valence-corrected chi connectivity index (χ2v) is 6.35. The highest BCUT2D eigenvalue weighted by Crippen LogP contribution is 2.29. The highest BCUT2D eigenvalue weighted by atomic mass is 32.2. The van der Waals surface area contributed by atoms with Crippen molar-refractivity contribution < 1.29 is 5.11 Å². The molecule has 0 radical (unpaired) electrons. The van der Waals surface area contributed by atoms with Crippen LogP contribution in [-0.4, -0.2) is 27.2 Å². The number of aliphatic hydroxyl groups is 1. The van der Waals surface area contributed by atoms with Gasteiger partial charge >= 0.3 is 0 Å². The van der Waals surface area contributed by atoms with Crippen LogP contribution in [0.1, 0.15) is 30.0 Å². The Balaban J connectivity index is 1.88. The highest BCUT2D eigenvalue weighted by molar-refractivity contribution is 8.00. The van der Waals surface area contributed by atoms with E-state index in [2.05, 4.69) is 10.4 Å². The van der Waals surface area contributed by atoms with Gasteiger partial charge < -0.3 is 5.11 Å². The molecule has 1 aliphatic rings. The Morgan fingerprint density at radius 2 is 2.47 bits per heavy atom. The van der Waals surface area contributed by atoms with E-state index in [4.69, 9.17) is 0 Å². The lowest BCUT2D eigenvalue weighted by Gasteiger charge is -2.25. The molecule has 2 heterocycles. The van der Waals surface area contributed by atoms with Gasteiger partial charge in [-0.3, -0.25) is 0 Å². The summed E-state index contributed by atoms with van der Waals surface area (Å²) in [4.78, 5) is 4.39. The van der Waals surface area contributed by atoms with Crippen molar-refractivity contribution in [2.45, 2.75) is 44.0 Å². The molecule has 4 heteroatoms. The first-order valence-electron chi connectivity index (χ1n) is 5.46. The largest absolute Gasteiger partial charge is 0.392 e. The van der Waals surface area contributed by atoms with Crippen molar-refractivity contribution in [2.24, 2.45) is 0 Å². The summed E-state index contributed by atoms with van der Waals surface area (Å²) < 4.78 is 0. The lowest BCUT2D eigenvalue weighted by atomic mass is 10.1. The third-order valence-corrected chi connectivity index (χ3v) is 5.19. The molecule has 84 valence electrons. The average molecular weight is 243 g/mol. The van der Waals surface area contributed by atoms with Gasteiger partial charge in [-0.2, -0.15) is 11.8 Å². The summed E-state index contributed by atoms with van der Waals surface area (Å²) in [6.07, 6.45) is 4.27. The van der Waals surface area contributed by atoms with Crippen molar-refractivity contribution in [3.8, 4) is 0 Å². The van der Waals surface area contributed by atoms with Crippen LogP contribution in [0.4, 0.5) is 0 Å². The number of hydrogen-bond acceptors (Lipinski definition) is 4. The van der Waals surface area contributed by atoms with E-state index in [1.807, 2.05) is 18.7 Å². The van der Waals surface area contributed by atoms with Crippen LogP contribution in [0, 0.1) is 6.92 Å². The summed E-state index contributed by atoms with van der Waals surface area (Å²) in [6, 6.07) is 0.